The minimum atomic E-state index is -0.460. The van der Waals surface area contributed by atoms with Gasteiger partial charge in [0.05, 0.1) is 18.8 Å². The Morgan fingerprint density at radius 3 is 2.45 bits per heavy atom. The number of unbranched alkanes of at least 4 members (excludes halogenated alkanes) is 2. The Morgan fingerprint density at radius 2 is 1.68 bits per heavy atom. The second-order valence-corrected chi connectivity index (χ2v) is 11.0. The highest BCUT2D eigenvalue weighted by Crippen LogP contribution is 2.31. The SMILES string of the molecule is CCCCOC(=O)CN(Cc1ccc2sc(C(=O)OCCCC)cc2c1)C(=O)c1csc2cc(O)ccc12. The summed E-state index contributed by atoms with van der Waals surface area (Å²) in [4.78, 5) is 40.7. The van der Waals surface area contributed by atoms with Crippen LogP contribution in [0.2, 0.25) is 0 Å². The van der Waals surface area contributed by atoms with Crippen molar-refractivity contribution in [1.29, 1.82) is 0 Å². The van der Waals surface area contributed by atoms with E-state index in [1.165, 1.54) is 27.6 Å². The van der Waals surface area contributed by atoms with E-state index < -0.39 is 5.97 Å². The van der Waals surface area contributed by atoms with Gasteiger partial charge in [0.2, 0.25) is 0 Å². The molecule has 1 N–H and O–H groups in total. The maximum absolute atomic E-state index is 13.7. The highest BCUT2D eigenvalue weighted by molar-refractivity contribution is 7.20. The zero-order chi connectivity index (χ0) is 27.1. The molecule has 0 aliphatic heterocycles. The first-order valence-corrected chi connectivity index (χ1v) is 14.4. The quantitative estimate of drug-likeness (QED) is 0.154. The van der Waals surface area contributed by atoms with Gasteiger partial charge in [-0.05, 0) is 60.2 Å². The minimum absolute atomic E-state index is 0.132. The van der Waals surface area contributed by atoms with Crippen LogP contribution < -0.4 is 0 Å². The molecule has 2 aromatic heterocycles. The number of carbonyl (C=O) groups is 3. The molecule has 2 aromatic carbocycles. The number of thiophene rings is 2. The lowest BCUT2D eigenvalue weighted by atomic mass is 10.1. The molecule has 4 aromatic rings. The van der Waals surface area contributed by atoms with Crippen LogP contribution in [0.4, 0.5) is 0 Å². The smallest absolute Gasteiger partial charge is 0.348 e. The van der Waals surface area contributed by atoms with Crippen molar-refractivity contribution in [3.8, 4) is 5.75 Å². The van der Waals surface area contributed by atoms with Gasteiger partial charge in [0.1, 0.15) is 17.2 Å². The molecule has 1 amide bonds. The molecule has 0 saturated heterocycles. The molecule has 0 atom stereocenters. The molecule has 0 radical (unpaired) electrons. The van der Waals surface area contributed by atoms with Crippen molar-refractivity contribution < 1.29 is 29.0 Å². The molecule has 0 fully saturated rings. The number of nitrogens with zero attached hydrogens (tertiary/aromatic N) is 1. The number of hydrogen-bond acceptors (Lipinski definition) is 8. The highest BCUT2D eigenvalue weighted by Gasteiger charge is 2.23. The van der Waals surface area contributed by atoms with Crippen LogP contribution in [0.1, 0.15) is 65.1 Å². The largest absolute Gasteiger partial charge is 0.508 e. The van der Waals surface area contributed by atoms with Crippen LogP contribution in [0.5, 0.6) is 5.75 Å². The number of fused-ring (bicyclic) bond motifs is 2. The fourth-order valence-corrected chi connectivity index (χ4v) is 5.88. The zero-order valence-electron chi connectivity index (χ0n) is 21.5. The number of rotatable bonds is 12. The van der Waals surface area contributed by atoms with Crippen molar-refractivity contribution in [3.05, 3.63) is 63.8 Å². The number of phenolic OH excluding ortho intramolecular Hbond substituents is 1. The second kappa shape index (κ2) is 12.9. The summed E-state index contributed by atoms with van der Waals surface area (Å²) >= 11 is 2.74. The monoisotopic (exact) mass is 553 g/mol. The third kappa shape index (κ3) is 6.71. The molecular formula is C29H31NO6S2. The number of benzene rings is 2. The molecule has 7 nitrogen and oxygen atoms in total. The third-order valence-corrected chi connectivity index (χ3v) is 8.09. The number of esters is 2. The van der Waals surface area contributed by atoms with Crippen molar-refractivity contribution in [2.75, 3.05) is 19.8 Å². The van der Waals surface area contributed by atoms with Crippen molar-refractivity contribution in [1.82, 2.24) is 4.90 Å². The Labute approximate surface area is 229 Å². The van der Waals surface area contributed by atoms with Crippen molar-refractivity contribution in [3.63, 3.8) is 0 Å². The summed E-state index contributed by atoms with van der Waals surface area (Å²) in [6.45, 7) is 4.78. The second-order valence-electron chi connectivity index (χ2n) is 9.04. The van der Waals surface area contributed by atoms with Crippen molar-refractivity contribution >= 4 is 60.7 Å². The fraction of sp³-hybridized carbons (Fsp3) is 0.345. The van der Waals surface area contributed by atoms with E-state index in [1.54, 1.807) is 23.6 Å². The normalized spacial score (nSPS) is 11.1. The maximum atomic E-state index is 13.7. The molecule has 38 heavy (non-hydrogen) atoms. The maximum Gasteiger partial charge on any atom is 0.348 e. The van der Waals surface area contributed by atoms with Crippen LogP contribution >= 0.6 is 22.7 Å². The van der Waals surface area contributed by atoms with E-state index in [-0.39, 0.29) is 30.7 Å². The van der Waals surface area contributed by atoms with Crippen LogP contribution in [0.15, 0.2) is 47.8 Å². The number of aromatic hydroxyl groups is 1. The topological polar surface area (TPSA) is 93.1 Å². The third-order valence-electron chi connectivity index (χ3n) is 6.04. The summed E-state index contributed by atoms with van der Waals surface area (Å²) in [7, 11) is 0. The number of phenols is 1. The summed E-state index contributed by atoms with van der Waals surface area (Å²) in [5.74, 6) is -0.951. The highest BCUT2D eigenvalue weighted by atomic mass is 32.1. The van der Waals surface area contributed by atoms with Gasteiger partial charge in [-0.25, -0.2) is 4.79 Å². The Bertz CT molecular complexity index is 1440. The predicted molar refractivity (Wildman–Crippen MR) is 151 cm³/mol. The van der Waals surface area contributed by atoms with Gasteiger partial charge in [-0.3, -0.25) is 9.59 Å². The molecule has 0 unspecified atom stereocenters. The molecule has 0 saturated carbocycles. The van der Waals surface area contributed by atoms with Crippen molar-refractivity contribution in [2.24, 2.45) is 0 Å². The van der Waals surface area contributed by atoms with E-state index in [0.29, 0.717) is 23.7 Å². The fourth-order valence-electron chi connectivity index (χ4n) is 3.98. The zero-order valence-corrected chi connectivity index (χ0v) is 23.2. The lowest BCUT2D eigenvalue weighted by molar-refractivity contribution is -0.144. The van der Waals surface area contributed by atoms with E-state index in [0.717, 1.165) is 51.4 Å². The van der Waals surface area contributed by atoms with Crippen LogP contribution in [-0.2, 0) is 20.8 Å². The van der Waals surface area contributed by atoms with Gasteiger partial charge in [-0.1, -0.05) is 32.8 Å². The summed E-state index contributed by atoms with van der Waals surface area (Å²) in [6.07, 6.45) is 3.44. The molecule has 2 heterocycles. The van der Waals surface area contributed by atoms with Crippen molar-refractivity contribution in [2.45, 2.75) is 46.1 Å². The average Bonchev–Trinajstić information content (AvgIpc) is 3.52. The van der Waals surface area contributed by atoms with Gasteiger partial charge in [0.25, 0.3) is 5.91 Å². The van der Waals surface area contributed by atoms with E-state index in [9.17, 15) is 19.5 Å². The van der Waals surface area contributed by atoms with Crippen LogP contribution in [0.3, 0.4) is 0 Å². The van der Waals surface area contributed by atoms with E-state index in [1.807, 2.05) is 38.1 Å². The Hall–Kier alpha value is -3.43. The summed E-state index contributed by atoms with van der Waals surface area (Å²) < 4.78 is 12.4. The molecular weight excluding hydrogens is 522 g/mol. The first-order chi connectivity index (χ1) is 18.4. The Balaban J connectivity index is 1.57. The Kier molecular flexibility index (Phi) is 9.36. The predicted octanol–water partition coefficient (Wildman–Crippen LogP) is 6.76. The lowest BCUT2D eigenvalue weighted by Crippen LogP contribution is -2.36. The summed E-state index contributed by atoms with van der Waals surface area (Å²) in [6, 6.07) is 12.4. The molecule has 0 bridgehead atoms. The van der Waals surface area contributed by atoms with E-state index in [2.05, 4.69) is 0 Å². The molecule has 4 rings (SSSR count). The van der Waals surface area contributed by atoms with Crippen LogP contribution in [0, 0.1) is 0 Å². The first-order valence-electron chi connectivity index (χ1n) is 12.7. The standard InChI is InChI=1S/C29H31NO6S2/c1-3-5-11-35-27(32)17-30(28(33)23-18-37-25-15-21(31)8-9-22(23)25)16-19-7-10-24-20(13-19)14-26(38-24)29(34)36-12-6-4-2/h7-10,13-15,18,31H,3-6,11-12,16-17H2,1-2H3. The van der Waals surface area contributed by atoms with Gasteiger partial charge >= 0.3 is 11.9 Å². The van der Waals surface area contributed by atoms with Gasteiger partial charge in [0, 0.05) is 26.7 Å². The minimum Gasteiger partial charge on any atom is -0.508 e. The Morgan fingerprint density at radius 1 is 0.921 bits per heavy atom. The molecule has 0 spiro atoms. The number of hydrogen-bond donors (Lipinski definition) is 1. The number of carbonyl (C=O) groups excluding carboxylic acids is 3. The number of ether oxygens (including phenoxy) is 2. The van der Waals surface area contributed by atoms with Gasteiger partial charge < -0.3 is 19.5 Å². The van der Waals surface area contributed by atoms with Crippen LogP contribution in [0.25, 0.3) is 20.2 Å². The summed E-state index contributed by atoms with van der Waals surface area (Å²) in [5, 5.41) is 13.2. The molecule has 0 aliphatic carbocycles. The first kappa shape index (κ1) is 27.6. The van der Waals surface area contributed by atoms with Gasteiger partial charge in [0.15, 0.2) is 0 Å². The lowest BCUT2D eigenvalue weighted by Gasteiger charge is -2.22. The molecule has 9 heteroatoms. The van der Waals surface area contributed by atoms with Crippen LogP contribution in [-0.4, -0.2) is 47.6 Å². The number of amides is 1. The van der Waals surface area contributed by atoms with E-state index >= 15 is 0 Å². The summed E-state index contributed by atoms with van der Waals surface area (Å²) in [5.41, 5.74) is 1.30. The van der Waals surface area contributed by atoms with Gasteiger partial charge in [-0.15, -0.1) is 22.7 Å². The van der Waals surface area contributed by atoms with Gasteiger partial charge in [-0.2, -0.15) is 0 Å². The van der Waals surface area contributed by atoms with E-state index in [4.69, 9.17) is 9.47 Å². The molecule has 200 valence electrons. The average molecular weight is 554 g/mol. The molecule has 0 aliphatic rings.